The van der Waals surface area contributed by atoms with E-state index in [-0.39, 0.29) is 30.4 Å². The topological polar surface area (TPSA) is 101 Å². The molecule has 16 rings (SSSR count). The van der Waals surface area contributed by atoms with Crippen molar-refractivity contribution in [1.29, 1.82) is 0 Å². The van der Waals surface area contributed by atoms with Crippen LogP contribution in [0, 0.1) is 13.8 Å². The molecule has 0 bridgehead atoms. The van der Waals surface area contributed by atoms with E-state index < -0.39 is 9.84 Å². The van der Waals surface area contributed by atoms with E-state index in [1.54, 1.807) is 62.8 Å². The van der Waals surface area contributed by atoms with Gasteiger partial charge >= 0.3 is 0 Å². The smallest absolute Gasteiger partial charge is 0.206 e. The number of aryl methyl sites for hydroxylation is 2. The highest BCUT2D eigenvalue weighted by molar-refractivity contribution is 7.91. The van der Waals surface area contributed by atoms with Gasteiger partial charge in [-0.15, -0.1) is 0 Å². The van der Waals surface area contributed by atoms with E-state index in [4.69, 9.17) is 18.9 Å². The minimum atomic E-state index is -3.62. The summed E-state index contributed by atoms with van der Waals surface area (Å²) < 4.78 is 49.4. The van der Waals surface area contributed by atoms with Gasteiger partial charge in [0.1, 0.15) is 34.5 Å². The monoisotopic (exact) mass is 1520 g/mol. The van der Waals surface area contributed by atoms with Crippen LogP contribution >= 0.6 is 0 Å². The first-order valence-electron chi connectivity index (χ1n) is 37.2. The Morgan fingerprint density at radius 1 is 0.226 bits per heavy atom. The summed E-state index contributed by atoms with van der Waals surface area (Å²) >= 11 is 0. The number of rotatable bonds is 24. The van der Waals surface area contributed by atoms with Crippen LogP contribution in [0.5, 0.6) is 34.5 Å². The van der Waals surface area contributed by atoms with E-state index in [1.165, 1.54) is 0 Å². The maximum Gasteiger partial charge on any atom is 0.206 e. The molecule has 0 unspecified atom stereocenters. The number of sulfone groups is 1. The third-order valence-corrected chi connectivity index (χ3v) is 21.2. The third-order valence-electron chi connectivity index (χ3n) is 19.4. The van der Waals surface area contributed by atoms with Gasteiger partial charge in [-0.25, -0.2) is 8.42 Å². The first-order valence-corrected chi connectivity index (χ1v) is 38.7. The molecule has 0 amide bonds. The van der Waals surface area contributed by atoms with Gasteiger partial charge in [0.05, 0.1) is 24.0 Å². The van der Waals surface area contributed by atoms with Crippen molar-refractivity contribution in [2.45, 2.75) is 38.5 Å². The molecule has 0 heterocycles. The fourth-order valence-electron chi connectivity index (χ4n) is 13.5. The van der Waals surface area contributed by atoms with Gasteiger partial charge in [-0.1, -0.05) is 184 Å². The number of carbonyl (C=O) groups is 1. The van der Waals surface area contributed by atoms with Gasteiger partial charge in [0, 0.05) is 79.4 Å². The number of carbonyl (C=O) groups excluding carboxylic acids is 1. The van der Waals surface area contributed by atoms with Crippen LogP contribution in [0.3, 0.4) is 0 Å². The van der Waals surface area contributed by atoms with Crippen molar-refractivity contribution >= 4 is 83.9 Å². The molecular formula is C103H88N4O7S. The van der Waals surface area contributed by atoms with Gasteiger partial charge in [0.15, 0.2) is 5.78 Å². The van der Waals surface area contributed by atoms with Crippen molar-refractivity contribution in [3.8, 4) is 56.8 Å². The maximum absolute atomic E-state index is 13.1. The fraction of sp³-hybridized carbons (Fsp3) is 0.0583. The van der Waals surface area contributed by atoms with E-state index >= 15 is 0 Å². The molecule has 0 saturated heterocycles. The number of ether oxygens (including phenoxy) is 4. The van der Waals surface area contributed by atoms with Gasteiger partial charge < -0.3 is 38.5 Å². The molecule has 11 nitrogen and oxygen atoms in total. The summed E-state index contributed by atoms with van der Waals surface area (Å²) in [5.74, 6) is 4.18. The lowest BCUT2D eigenvalue weighted by Crippen LogP contribution is -2.10. The van der Waals surface area contributed by atoms with Crippen LogP contribution in [0.1, 0.15) is 41.9 Å². The van der Waals surface area contributed by atoms with Crippen molar-refractivity contribution in [2.24, 2.45) is 0 Å². The van der Waals surface area contributed by atoms with Crippen molar-refractivity contribution in [3.05, 3.63) is 435 Å². The molecule has 0 N–H and O–H groups in total. The largest absolute Gasteiger partial charge is 0.497 e. The highest BCUT2D eigenvalue weighted by atomic mass is 32.2. The SMILES string of the molecule is C.C.COc1ccc(N(c2ccccc2)c2ccc(-c3ccc(N(c4ccccc4)c4ccc(Oc5ccc(C(=O)c6ccc(C)cc6)cc5)cc4)cc3)cc2)cc1.COc1ccc(N(c2ccccc2)c2ccc(-c3ccc(N(c4ccccc4)c4ccc(Oc5ccc(S(=O)(=O)c6ccc(C)cc6)cc5)cc4)cc3)cc2)cc1. The zero-order chi connectivity index (χ0) is 77.5. The second-order valence-electron chi connectivity index (χ2n) is 27.0. The minimum Gasteiger partial charge on any atom is -0.497 e. The van der Waals surface area contributed by atoms with E-state index in [9.17, 15) is 13.2 Å². The maximum atomic E-state index is 13.1. The summed E-state index contributed by atoms with van der Waals surface area (Å²) in [7, 11) is -0.263. The van der Waals surface area contributed by atoms with E-state index in [1.807, 2.05) is 184 Å². The zero-order valence-electron chi connectivity index (χ0n) is 62.8. The van der Waals surface area contributed by atoms with E-state index in [2.05, 4.69) is 214 Å². The standard InChI is InChI=1S/C51H40N2O3.C50H40N2O4S.2CH4/c1-37-13-15-40(16-14-37)51(54)41-21-31-49(32-22-41)56-50-35-29-47(30-36-50)53(43-11-7-4-8-12-43)45-25-19-39(20-26-45)38-17-23-44(24-18-38)52(42-9-5-3-6-10-42)46-27-33-48(55-2)34-28-46;1-37-13-33-49(34-14-37)57(53,54)50-35-31-48(32-36-50)56-47-29-25-45(26-30-47)52(41-11-7-4-8-12-41)43-21-17-39(18-22-43)38-15-19-42(20-16-38)51(40-9-5-3-6-10-40)44-23-27-46(55-2)28-24-44;;/h3-36H,1-2H3;3-36H,1-2H3;2*1H4. The first-order chi connectivity index (χ1) is 55.4. The highest BCUT2D eigenvalue weighted by Gasteiger charge is 2.21. The summed E-state index contributed by atoms with van der Waals surface area (Å²) in [4.78, 5) is 22.3. The summed E-state index contributed by atoms with van der Waals surface area (Å²) in [6.45, 7) is 3.94. The van der Waals surface area contributed by atoms with Crippen LogP contribution in [-0.2, 0) is 9.84 Å². The van der Waals surface area contributed by atoms with E-state index in [0.717, 1.165) is 113 Å². The molecule has 0 aliphatic rings. The predicted octanol–water partition coefficient (Wildman–Crippen LogP) is 28.1. The number of hydrogen-bond donors (Lipinski definition) is 0. The molecule has 16 aromatic rings. The Labute approximate surface area is 675 Å². The number of para-hydroxylation sites is 4. The molecular weight excluding hydrogens is 1440 g/mol. The summed E-state index contributed by atoms with van der Waals surface area (Å²) in [6, 6.07) is 136. The Bertz CT molecular complexity index is 5900. The van der Waals surface area contributed by atoms with Gasteiger partial charge in [0.25, 0.3) is 0 Å². The van der Waals surface area contributed by atoms with Crippen LogP contribution < -0.4 is 38.5 Å². The number of methoxy groups -OCH3 is 2. The lowest BCUT2D eigenvalue weighted by molar-refractivity contribution is 0.103. The number of anilines is 12. The van der Waals surface area contributed by atoms with Gasteiger partial charge in [0.2, 0.25) is 9.84 Å². The molecule has 568 valence electrons. The predicted molar refractivity (Wildman–Crippen MR) is 473 cm³/mol. The number of ketones is 1. The number of benzene rings is 16. The lowest BCUT2D eigenvalue weighted by atomic mass is 10.0. The van der Waals surface area contributed by atoms with Crippen LogP contribution in [0.2, 0.25) is 0 Å². The van der Waals surface area contributed by atoms with E-state index in [0.29, 0.717) is 34.1 Å². The molecule has 0 saturated carbocycles. The molecule has 0 radical (unpaired) electrons. The Kier molecular flexibility index (Phi) is 25.0. The first kappa shape index (κ1) is 78.7. The zero-order valence-corrected chi connectivity index (χ0v) is 63.6. The summed E-state index contributed by atoms with van der Waals surface area (Å²) in [5.41, 5.74) is 20.3. The second kappa shape index (κ2) is 36.6. The summed E-state index contributed by atoms with van der Waals surface area (Å²) in [6.07, 6.45) is 0. The number of hydrogen-bond acceptors (Lipinski definition) is 11. The van der Waals surface area contributed by atoms with Gasteiger partial charge in [-0.2, -0.15) is 0 Å². The highest BCUT2D eigenvalue weighted by Crippen LogP contribution is 2.43. The molecule has 0 aromatic heterocycles. The van der Waals surface area contributed by atoms with Crippen molar-refractivity contribution in [2.75, 3.05) is 33.8 Å². The third kappa shape index (κ3) is 18.6. The minimum absolute atomic E-state index is 0. The second-order valence-corrected chi connectivity index (χ2v) is 28.9. The molecule has 0 atom stereocenters. The van der Waals surface area contributed by atoms with Crippen LogP contribution in [0.4, 0.5) is 68.2 Å². The Hall–Kier alpha value is -14.5. The van der Waals surface area contributed by atoms with Crippen LogP contribution in [0.25, 0.3) is 22.3 Å². The van der Waals surface area contributed by atoms with Gasteiger partial charge in [-0.05, 0) is 291 Å². The fourth-order valence-corrected chi connectivity index (χ4v) is 14.7. The molecule has 12 heteroatoms. The molecule has 16 aromatic carbocycles. The van der Waals surface area contributed by atoms with Crippen molar-refractivity contribution < 1.29 is 32.2 Å². The van der Waals surface area contributed by atoms with Crippen LogP contribution in [0.15, 0.2) is 422 Å². The van der Waals surface area contributed by atoms with Gasteiger partial charge in [-0.3, -0.25) is 4.79 Å². The quantitative estimate of drug-likeness (QED) is 0.0541. The average Bonchev–Trinajstić information content (AvgIpc) is 0.798. The Morgan fingerprint density at radius 3 is 0.652 bits per heavy atom. The molecule has 115 heavy (non-hydrogen) atoms. The molecule has 0 aliphatic carbocycles. The number of nitrogens with zero attached hydrogens (tertiary/aromatic N) is 4. The molecule has 0 fully saturated rings. The van der Waals surface area contributed by atoms with Crippen LogP contribution in [-0.4, -0.2) is 28.4 Å². The van der Waals surface area contributed by atoms with Crippen molar-refractivity contribution in [3.63, 3.8) is 0 Å². The lowest BCUT2D eigenvalue weighted by Gasteiger charge is -2.26. The average molecular weight is 1530 g/mol. The molecule has 0 aliphatic heterocycles. The Morgan fingerprint density at radius 2 is 0.409 bits per heavy atom. The molecule has 0 spiro atoms. The summed E-state index contributed by atoms with van der Waals surface area (Å²) in [5, 5.41) is 0. The normalized spacial score (nSPS) is 10.7. The van der Waals surface area contributed by atoms with Crippen molar-refractivity contribution in [1.82, 2.24) is 0 Å². The Balaban J connectivity index is 0.000000197.